The minimum absolute atomic E-state index is 0.0221. The first-order valence-corrected chi connectivity index (χ1v) is 6.48. The maximum atomic E-state index is 12.4. The summed E-state index contributed by atoms with van der Waals surface area (Å²) in [4.78, 5) is 23.8. The first-order valence-electron chi connectivity index (χ1n) is 6.48. The van der Waals surface area contributed by atoms with E-state index < -0.39 is 6.04 Å². The molecule has 0 aromatic carbocycles. The van der Waals surface area contributed by atoms with E-state index in [1.165, 1.54) is 0 Å². The topological polar surface area (TPSA) is 55.4 Å². The highest BCUT2D eigenvalue weighted by atomic mass is 16.5. The fourth-order valence-corrected chi connectivity index (χ4v) is 2.48. The number of allylic oxidation sites excluding steroid dienone is 6. The number of ether oxygens (including phenoxy) is 1. The van der Waals surface area contributed by atoms with Gasteiger partial charge in [-0.25, -0.2) is 0 Å². The molecular formula is C15H15NO3. The smallest absolute Gasteiger partial charge is 0.220 e. The van der Waals surface area contributed by atoms with Gasteiger partial charge in [0.15, 0.2) is 5.78 Å². The van der Waals surface area contributed by atoms with E-state index in [0.29, 0.717) is 24.2 Å². The van der Waals surface area contributed by atoms with Crippen molar-refractivity contribution in [2.75, 3.05) is 6.61 Å². The lowest BCUT2D eigenvalue weighted by atomic mass is 9.88. The van der Waals surface area contributed by atoms with Crippen molar-refractivity contribution in [2.45, 2.75) is 25.8 Å². The standard InChI is InChI=1S/C15H15NO3/c1-2-14(17)16-12-8-19-13-7-10-5-3-4-9(10)6-11(13)15(12)18/h3-5,7,12H,2,6,8H2,1H3,(H,16,17). The van der Waals surface area contributed by atoms with Gasteiger partial charge in [0, 0.05) is 18.4 Å². The van der Waals surface area contributed by atoms with E-state index >= 15 is 0 Å². The fourth-order valence-electron chi connectivity index (χ4n) is 2.48. The van der Waals surface area contributed by atoms with Crippen molar-refractivity contribution in [1.82, 2.24) is 5.32 Å². The largest absolute Gasteiger partial charge is 0.490 e. The van der Waals surface area contributed by atoms with Crippen molar-refractivity contribution in [3.63, 3.8) is 0 Å². The van der Waals surface area contributed by atoms with Gasteiger partial charge in [-0.15, -0.1) is 0 Å². The summed E-state index contributed by atoms with van der Waals surface area (Å²) in [5, 5.41) is 2.71. The van der Waals surface area contributed by atoms with Crippen LogP contribution in [0, 0.1) is 0 Å². The lowest BCUT2D eigenvalue weighted by molar-refractivity contribution is -0.128. The van der Waals surface area contributed by atoms with Crippen LogP contribution in [-0.4, -0.2) is 24.3 Å². The minimum Gasteiger partial charge on any atom is -0.490 e. The molecule has 3 rings (SSSR count). The molecule has 0 bridgehead atoms. The Morgan fingerprint density at radius 1 is 1.53 bits per heavy atom. The number of nitrogens with one attached hydrogen (secondary N) is 1. The Morgan fingerprint density at radius 2 is 2.37 bits per heavy atom. The number of ketones is 1. The Morgan fingerprint density at radius 3 is 3.16 bits per heavy atom. The molecule has 4 nitrogen and oxygen atoms in total. The molecule has 0 aromatic rings. The molecule has 1 aliphatic heterocycles. The van der Waals surface area contributed by atoms with Crippen LogP contribution in [0.1, 0.15) is 19.8 Å². The van der Waals surface area contributed by atoms with Gasteiger partial charge in [0.25, 0.3) is 0 Å². The summed E-state index contributed by atoms with van der Waals surface area (Å²) in [6, 6.07) is -0.545. The van der Waals surface area contributed by atoms with Gasteiger partial charge in [0.1, 0.15) is 18.4 Å². The molecule has 1 atom stereocenters. The minimum atomic E-state index is -0.545. The van der Waals surface area contributed by atoms with E-state index in [0.717, 1.165) is 11.1 Å². The van der Waals surface area contributed by atoms with E-state index in [1.807, 2.05) is 24.3 Å². The van der Waals surface area contributed by atoms with Gasteiger partial charge in [-0.05, 0) is 17.2 Å². The van der Waals surface area contributed by atoms with Crippen LogP contribution in [0.5, 0.6) is 0 Å². The summed E-state index contributed by atoms with van der Waals surface area (Å²) in [5.74, 6) is 0.511. The van der Waals surface area contributed by atoms with Crippen LogP contribution >= 0.6 is 0 Å². The Labute approximate surface area is 111 Å². The molecule has 0 fully saturated rings. The van der Waals surface area contributed by atoms with Gasteiger partial charge in [-0.3, -0.25) is 9.59 Å². The predicted molar refractivity (Wildman–Crippen MR) is 70.1 cm³/mol. The van der Waals surface area contributed by atoms with Crippen molar-refractivity contribution in [3.8, 4) is 0 Å². The lowest BCUT2D eigenvalue weighted by Crippen LogP contribution is -2.47. The van der Waals surface area contributed by atoms with Crippen LogP contribution in [0.25, 0.3) is 0 Å². The molecule has 1 N–H and O–H groups in total. The molecule has 0 radical (unpaired) electrons. The first kappa shape index (κ1) is 12.0. The molecule has 0 saturated heterocycles. The molecule has 1 unspecified atom stereocenters. The number of carbonyl (C=O) groups is 2. The summed E-state index contributed by atoms with van der Waals surface area (Å²) in [7, 11) is 0. The molecule has 4 heteroatoms. The van der Waals surface area contributed by atoms with Crippen LogP contribution in [0.2, 0.25) is 0 Å². The second-order valence-corrected chi connectivity index (χ2v) is 4.82. The summed E-state index contributed by atoms with van der Waals surface area (Å²) in [6.07, 6.45) is 8.86. The van der Waals surface area contributed by atoms with Crippen LogP contribution in [0.3, 0.4) is 0 Å². The highest BCUT2D eigenvalue weighted by Gasteiger charge is 2.34. The maximum Gasteiger partial charge on any atom is 0.220 e. The van der Waals surface area contributed by atoms with E-state index in [4.69, 9.17) is 4.74 Å². The first-order chi connectivity index (χ1) is 9.19. The molecule has 0 spiro atoms. The average Bonchev–Trinajstić information content (AvgIpc) is 2.87. The molecule has 0 aromatic heterocycles. The number of rotatable bonds is 2. The van der Waals surface area contributed by atoms with Crippen LogP contribution in [0.15, 0.2) is 46.8 Å². The van der Waals surface area contributed by atoms with Gasteiger partial charge < -0.3 is 10.1 Å². The molecule has 1 heterocycles. The number of carbonyl (C=O) groups excluding carboxylic acids is 2. The Kier molecular flexibility index (Phi) is 2.85. The second kappa shape index (κ2) is 4.53. The zero-order chi connectivity index (χ0) is 13.4. The van der Waals surface area contributed by atoms with Crippen molar-refractivity contribution < 1.29 is 14.3 Å². The van der Waals surface area contributed by atoms with Gasteiger partial charge in [0.2, 0.25) is 5.91 Å². The number of hydrogen-bond donors (Lipinski definition) is 1. The van der Waals surface area contributed by atoms with E-state index in [1.54, 1.807) is 6.92 Å². The maximum absolute atomic E-state index is 12.4. The van der Waals surface area contributed by atoms with Crippen LogP contribution in [0.4, 0.5) is 0 Å². The Hall–Kier alpha value is -2.10. The third-order valence-corrected chi connectivity index (χ3v) is 3.57. The zero-order valence-corrected chi connectivity index (χ0v) is 10.7. The number of amides is 1. The second-order valence-electron chi connectivity index (χ2n) is 4.82. The lowest BCUT2D eigenvalue weighted by Gasteiger charge is -2.29. The highest BCUT2D eigenvalue weighted by Crippen LogP contribution is 2.35. The number of hydrogen-bond acceptors (Lipinski definition) is 3. The number of Topliss-reactive ketones (excluding diaryl/α,β-unsaturated/α-hetero) is 1. The Bertz CT molecular complexity index is 578. The van der Waals surface area contributed by atoms with Gasteiger partial charge in [0.05, 0.1) is 0 Å². The SMILES string of the molecule is CCC(=O)NC1COC2=C(CC3=CC=CC3=C2)C1=O. The fraction of sp³-hybridized carbons (Fsp3) is 0.333. The molecule has 98 valence electrons. The molecule has 19 heavy (non-hydrogen) atoms. The molecule has 3 aliphatic rings. The quantitative estimate of drug-likeness (QED) is 0.816. The Balaban J connectivity index is 1.84. The summed E-state index contributed by atoms with van der Waals surface area (Å²) in [5.41, 5.74) is 2.92. The van der Waals surface area contributed by atoms with Crippen LogP contribution in [-0.2, 0) is 14.3 Å². The van der Waals surface area contributed by atoms with E-state index in [2.05, 4.69) is 5.32 Å². The predicted octanol–water partition coefficient (Wildman–Crippen LogP) is 1.56. The van der Waals surface area contributed by atoms with Crippen molar-refractivity contribution in [3.05, 3.63) is 46.8 Å². The number of fused-ring (bicyclic) bond motifs is 1. The van der Waals surface area contributed by atoms with Gasteiger partial charge >= 0.3 is 0 Å². The normalized spacial score (nSPS) is 24.3. The van der Waals surface area contributed by atoms with Gasteiger partial charge in [-0.1, -0.05) is 25.2 Å². The molecule has 1 amide bonds. The van der Waals surface area contributed by atoms with E-state index in [-0.39, 0.29) is 18.3 Å². The van der Waals surface area contributed by atoms with Crippen molar-refractivity contribution >= 4 is 11.7 Å². The van der Waals surface area contributed by atoms with Crippen molar-refractivity contribution in [1.29, 1.82) is 0 Å². The van der Waals surface area contributed by atoms with Crippen molar-refractivity contribution in [2.24, 2.45) is 0 Å². The zero-order valence-electron chi connectivity index (χ0n) is 10.7. The molecule has 2 aliphatic carbocycles. The van der Waals surface area contributed by atoms with Gasteiger partial charge in [-0.2, -0.15) is 0 Å². The highest BCUT2D eigenvalue weighted by molar-refractivity contribution is 6.03. The third-order valence-electron chi connectivity index (χ3n) is 3.57. The summed E-state index contributed by atoms with van der Waals surface area (Å²) >= 11 is 0. The summed E-state index contributed by atoms with van der Waals surface area (Å²) in [6.45, 7) is 1.98. The average molecular weight is 257 g/mol. The third kappa shape index (κ3) is 2.03. The van der Waals surface area contributed by atoms with Crippen LogP contribution < -0.4 is 5.32 Å². The molecule has 0 saturated carbocycles. The summed E-state index contributed by atoms with van der Waals surface area (Å²) < 4.78 is 5.63. The monoisotopic (exact) mass is 257 g/mol. The van der Waals surface area contributed by atoms with E-state index in [9.17, 15) is 9.59 Å². The molecular weight excluding hydrogens is 242 g/mol.